The third-order valence-electron chi connectivity index (χ3n) is 6.49. The summed E-state index contributed by atoms with van der Waals surface area (Å²) in [5.74, 6) is 0.0418. The summed E-state index contributed by atoms with van der Waals surface area (Å²) in [6.45, 7) is 4.86. The van der Waals surface area contributed by atoms with Gasteiger partial charge >= 0.3 is 6.36 Å². The van der Waals surface area contributed by atoms with Gasteiger partial charge in [-0.05, 0) is 50.1 Å². The first-order chi connectivity index (χ1) is 16.4. The van der Waals surface area contributed by atoms with Crippen molar-refractivity contribution in [1.29, 1.82) is 0 Å². The molecule has 2 fully saturated rings. The zero-order chi connectivity index (χ0) is 24.0. The third kappa shape index (κ3) is 6.92. The van der Waals surface area contributed by atoms with E-state index in [0.29, 0.717) is 18.9 Å². The number of hydrogen-bond acceptors (Lipinski definition) is 7. The molecule has 8 nitrogen and oxygen atoms in total. The average Bonchev–Trinajstić information content (AvgIpc) is 3.33. The highest BCUT2D eigenvalue weighted by Gasteiger charge is 2.39. The number of morpholine rings is 1. The zero-order valence-electron chi connectivity index (χ0n) is 18.8. The Morgan fingerprint density at radius 3 is 2.50 bits per heavy atom. The molecule has 186 valence electrons. The van der Waals surface area contributed by atoms with Crippen LogP contribution < -0.4 is 9.47 Å². The number of aromatic nitrogens is 3. The first-order valence-corrected chi connectivity index (χ1v) is 11.5. The standard InChI is InChI=1S/C23H29F3N4O4/c24-23(25,26)34-20-5-3-19(4-6-20)33-14-18-2-1-17(7-8-29-9-11-32-12-10-29)22(31)21(18)13-30-16-27-15-28-30/h3-6,15-18,21H,1-2,7-14H2/t17-,18-,21-/m0/s1. The predicted octanol–water partition coefficient (Wildman–Crippen LogP) is 3.19. The molecule has 1 aromatic heterocycles. The second kappa shape index (κ2) is 11.2. The largest absolute Gasteiger partial charge is 0.573 e. The molecule has 1 saturated heterocycles. The highest BCUT2D eigenvalue weighted by Crippen LogP contribution is 2.35. The van der Waals surface area contributed by atoms with Crippen LogP contribution in [0.3, 0.4) is 0 Å². The lowest BCUT2D eigenvalue weighted by Crippen LogP contribution is -2.42. The fraction of sp³-hybridized carbons (Fsp3) is 0.609. The maximum Gasteiger partial charge on any atom is 0.573 e. The molecule has 0 amide bonds. The smallest absolute Gasteiger partial charge is 0.493 e. The van der Waals surface area contributed by atoms with Crippen LogP contribution in [0.5, 0.6) is 11.5 Å². The number of Topliss-reactive ketones (excluding diaryl/α,β-unsaturated/α-hetero) is 1. The number of carbonyl (C=O) groups excluding carboxylic acids is 1. The maximum atomic E-state index is 13.4. The maximum absolute atomic E-state index is 13.4. The lowest BCUT2D eigenvalue weighted by atomic mass is 9.72. The van der Waals surface area contributed by atoms with Crippen LogP contribution in [0.4, 0.5) is 13.2 Å². The molecule has 0 spiro atoms. The Hall–Kier alpha value is -2.66. The van der Waals surface area contributed by atoms with Gasteiger partial charge in [0.25, 0.3) is 0 Å². The third-order valence-corrected chi connectivity index (χ3v) is 6.49. The van der Waals surface area contributed by atoms with E-state index < -0.39 is 6.36 Å². The first-order valence-electron chi connectivity index (χ1n) is 11.5. The molecule has 1 aliphatic heterocycles. The van der Waals surface area contributed by atoms with Crippen LogP contribution >= 0.6 is 0 Å². The Kier molecular flexibility index (Phi) is 8.04. The summed E-state index contributed by atoms with van der Waals surface area (Å²) in [7, 11) is 0. The molecule has 2 heterocycles. The molecule has 34 heavy (non-hydrogen) atoms. The van der Waals surface area contributed by atoms with Crippen LogP contribution in [0.15, 0.2) is 36.9 Å². The molecule has 0 N–H and O–H groups in total. The molecule has 4 rings (SSSR count). The van der Waals surface area contributed by atoms with E-state index in [1.165, 1.54) is 30.6 Å². The van der Waals surface area contributed by atoms with Crippen molar-refractivity contribution < 1.29 is 32.2 Å². The fourth-order valence-electron chi connectivity index (χ4n) is 4.65. The van der Waals surface area contributed by atoms with Crippen LogP contribution in [0.1, 0.15) is 19.3 Å². The minimum atomic E-state index is -4.74. The number of carbonyl (C=O) groups is 1. The average molecular weight is 483 g/mol. The monoisotopic (exact) mass is 482 g/mol. The normalized spacial score (nSPS) is 24.2. The van der Waals surface area contributed by atoms with Crippen molar-refractivity contribution in [3.8, 4) is 11.5 Å². The van der Waals surface area contributed by atoms with Crippen molar-refractivity contribution in [2.75, 3.05) is 39.5 Å². The molecule has 0 unspecified atom stereocenters. The molecule has 11 heteroatoms. The van der Waals surface area contributed by atoms with Crippen LogP contribution in [-0.2, 0) is 16.1 Å². The Morgan fingerprint density at radius 1 is 1.09 bits per heavy atom. The van der Waals surface area contributed by atoms with Gasteiger partial charge in [0, 0.05) is 30.8 Å². The van der Waals surface area contributed by atoms with Gasteiger partial charge in [-0.1, -0.05) is 0 Å². The van der Waals surface area contributed by atoms with Crippen molar-refractivity contribution >= 4 is 5.78 Å². The van der Waals surface area contributed by atoms with E-state index >= 15 is 0 Å². The van der Waals surface area contributed by atoms with Crippen molar-refractivity contribution in [1.82, 2.24) is 19.7 Å². The number of benzene rings is 1. The summed E-state index contributed by atoms with van der Waals surface area (Å²) in [4.78, 5) is 19.8. The highest BCUT2D eigenvalue weighted by molar-refractivity contribution is 5.84. The van der Waals surface area contributed by atoms with E-state index in [1.54, 1.807) is 11.0 Å². The number of alkyl halides is 3. The van der Waals surface area contributed by atoms with Gasteiger partial charge in [0.05, 0.1) is 26.4 Å². The Morgan fingerprint density at radius 2 is 1.82 bits per heavy atom. The summed E-state index contributed by atoms with van der Waals surface area (Å²) in [6, 6.07) is 5.29. The minimum Gasteiger partial charge on any atom is -0.493 e. The summed E-state index contributed by atoms with van der Waals surface area (Å²) < 4.78 is 53.9. The molecular weight excluding hydrogens is 453 g/mol. The second-order valence-electron chi connectivity index (χ2n) is 8.73. The Labute approximate surface area is 196 Å². The van der Waals surface area contributed by atoms with Crippen LogP contribution in [0, 0.1) is 17.8 Å². The molecule has 1 saturated carbocycles. The van der Waals surface area contributed by atoms with Crippen LogP contribution in [-0.4, -0.2) is 71.3 Å². The van der Waals surface area contributed by atoms with Crippen molar-refractivity contribution in [3.63, 3.8) is 0 Å². The van der Waals surface area contributed by atoms with E-state index in [2.05, 4.69) is 19.7 Å². The van der Waals surface area contributed by atoms with E-state index in [1.807, 2.05) is 0 Å². The molecule has 1 aromatic carbocycles. The van der Waals surface area contributed by atoms with Crippen LogP contribution in [0.2, 0.25) is 0 Å². The van der Waals surface area contributed by atoms with Crippen molar-refractivity contribution in [3.05, 3.63) is 36.9 Å². The second-order valence-corrected chi connectivity index (χ2v) is 8.73. The van der Waals surface area contributed by atoms with Gasteiger partial charge < -0.3 is 14.2 Å². The van der Waals surface area contributed by atoms with Gasteiger partial charge in [-0.3, -0.25) is 14.4 Å². The minimum absolute atomic E-state index is 0.00795. The topological polar surface area (TPSA) is 78.7 Å². The summed E-state index contributed by atoms with van der Waals surface area (Å²) in [5, 5.41) is 4.17. The summed E-state index contributed by atoms with van der Waals surface area (Å²) in [5.41, 5.74) is 0. The summed E-state index contributed by atoms with van der Waals surface area (Å²) >= 11 is 0. The van der Waals surface area contributed by atoms with Gasteiger partial charge in [0.2, 0.25) is 0 Å². The van der Waals surface area contributed by atoms with E-state index in [0.717, 1.165) is 52.1 Å². The quantitative estimate of drug-likeness (QED) is 0.543. The lowest BCUT2D eigenvalue weighted by Gasteiger charge is -2.36. The van der Waals surface area contributed by atoms with Crippen molar-refractivity contribution in [2.45, 2.75) is 32.2 Å². The molecule has 0 radical (unpaired) electrons. The van der Waals surface area contributed by atoms with E-state index in [4.69, 9.17) is 9.47 Å². The first kappa shape index (κ1) is 24.5. The van der Waals surface area contributed by atoms with E-state index in [9.17, 15) is 18.0 Å². The fourth-order valence-corrected chi connectivity index (χ4v) is 4.65. The molecule has 2 aromatic rings. The Bertz CT molecular complexity index is 902. The van der Waals surface area contributed by atoms with Crippen LogP contribution in [0.25, 0.3) is 0 Å². The molecule has 1 aliphatic carbocycles. The van der Waals surface area contributed by atoms with Gasteiger partial charge in [-0.15, -0.1) is 13.2 Å². The van der Waals surface area contributed by atoms with E-state index in [-0.39, 0.29) is 29.3 Å². The number of rotatable bonds is 9. The number of nitrogens with zero attached hydrogens (tertiary/aromatic N) is 4. The van der Waals surface area contributed by atoms with Gasteiger partial charge in [-0.25, -0.2) is 4.98 Å². The summed E-state index contributed by atoms with van der Waals surface area (Å²) in [6.07, 6.45) is 0.747. The zero-order valence-corrected chi connectivity index (χ0v) is 18.8. The van der Waals surface area contributed by atoms with Gasteiger partial charge in [0.1, 0.15) is 29.9 Å². The number of ether oxygens (including phenoxy) is 3. The highest BCUT2D eigenvalue weighted by atomic mass is 19.4. The number of ketones is 1. The van der Waals surface area contributed by atoms with Gasteiger partial charge in [-0.2, -0.15) is 5.10 Å². The molecule has 2 aliphatic rings. The molecule has 0 bridgehead atoms. The number of hydrogen-bond donors (Lipinski definition) is 0. The number of halogens is 3. The predicted molar refractivity (Wildman–Crippen MR) is 115 cm³/mol. The SMILES string of the molecule is O=C1[C@H](CCN2CCOCC2)CC[C@@H](COc2ccc(OC(F)(F)F)cc2)[C@@H]1Cn1cncn1. The van der Waals surface area contributed by atoms with Gasteiger partial charge in [0.15, 0.2) is 0 Å². The molecule has 3 atom stereocenters. The lowest BCUT2D eigenvalue weighted by molar-refractivity contribution is -0.274. The van der Waals surface area contributed by atoms with Crippen molar-refractivity contribution in [2.24, 2.45) is 17.8 Å². The Balaban J connectivity index is 1.36. The molecular formula is C23H29F3N4O4.